The number of rotatable bonds is 10. The van der Waals surface area contributed by atoms with Crippen molar-refractivity contribution in [2.75, 3.05) is 26.0 Å². The maximum absolute atomic E-state index is 11.5. The molecule has 0 aliphatic carbocycles. The summed E-state index contributed by atoms with van der Waals surface area (Å²) < 4.78 is 29.5. The van der Waals surface area contributed by atoms with Gasteiger partial charge in [-0.25, -0.2) is 13.1 Å². The maximum atomic E-state index is 11.5. The van der Waals surface area contributed by atoms with Crippen molar-refractivity contribution in [1.29, 1.82) is 0 Å². The van der Waals surface area contributed by atoms with Crippen LogP contribution in [0.25, 0.3) is 0 Å². The van der Waals surface area contributed by atoms with Gasteiger partial charge in [0.2, 0.25) is 15.9 Å². The molecule has 0 aliphatic heterocycles. The van der Waals surface area contributed by atoms with Crippen LogP contribution in [0.3, 0.4) is 0 Å². The number of carbonyl (C=O) groups is 1. The second kappa shape index (κ2) is 9.46. The number of amides is 1. The lowest BCUT2D eigenvalue weighted by molar-refractivity contribution is -0.129. The summed E-state index contributed by atoms with van der Waals surface area (Å²) >= 11 is 0. The van der Waals surface area contributed by atoms with Crippen molar-refractivity contribution in [3.63, 3.8) is 0 Å². The highest BCUT2D eigenvalue weighted by Gasteiger charge is 2.12. The van der Waals surface area contributed by atoms with Crippen LogP contribution in [0.15, 0.2) is 24.3 Å². The average molecular weight is 345 g/mol. The van der Waals surface area contributed by atoms with Gasteiger partial charge in [-0.15, -0.1) is 0 Å². The predicted octanol–water partition coefficient (Wildman–Crippen LogP) is -1.06. The molecule has 1 amide bonds. The third-order valence-electron chi connectivity index (χ3n) is 2.87. The fourth-order valence-corrected chi connectivity index (χ4v) is 2.15. The van der Waals surface area contributed by atoms with Crippen LogP contribution in [-0.4, -0.2) is 51.5 Å². The van der Waals surface area contributed by atoms with E-state index >= 15 is 0 Å². The number of hydrogen-bond donors (Lipinski definition) is 4. The van der Waals surface area contributed by atoms with E-state index in [2.05, 4.69) is 10.0 Å². The van der Waals surface area contributed by atoms with Gasteiger partial charge in [-0.05, 0) is 30.7 Å². The third-order valence-corrected chi connectivity index (χ3v) is 3.60. The first-order chi connectivity index (χ1) is 10.8. The molecule has 5 N–H and O–H groups in total. The zero-order valence-corrected chi connectivity index (χ0v) is 13.8. The van der Waals surface area contributed by atoms with Crippen LogP contribution in [-0.2, 0) is 21.4 Å². The molecule has 9 heteroatoms. The van der Waals surface area contributed by atoms with Gasteiger partial charge in [0, 0.05) is 13.1 Å². The van der Waals surface area contributed by atoms with Crippen LogP contribution in [0.4, 0.5) is 0 Å². The number of carbonyl (C=O) groups excluding carboxylic acids is 1. The quantitative estimate of drug-likeness (QED) is 0.400. The van der Waals surface area contributed by atoms with E-state index in [-0.39, 0.29) is 32.7 Å². The molecule has 0 aromatic heterocycles. The lowest BCUT2D eigenvalue weighted by Gasteiger charge is -2.11. The van der Waals surface area contributed by atoms with Crippen LogP contribution in [0.2, 0.25) is 0 Å². The molecule has 0 bridgehead atoms. The summed E-state index contributed by atoms with van der Waals surface area (Å²) in [7, 11) is -3.21. The van der Waals surface area contributed by atoms with Crippen molar-refractivity contribution in [3.8, 4) is 5.75 Å². The number of sulfonamides is 1. The smallest absolute Gasteiger partial charge is 0.249 e. The van der Waals surface area contributed by atoms with Crippen molar-refractivity contribution in [2.45, 2.75) is 19.1 Å². The Hall–Kier alpha value is -1.68. The minimum atomic E-state index is -3.21. The van der Waals surface area contributed by atoms with Crippen LogP contribution in [0, 0.1) is 0 Å². The number of aliphatic hydroxyl groups excluding tert-OH is 1. The minimum Gasteiger partial charge on any atom is -0.492 e. The number of aliphatic hydroxyl groups is 1. The first-order valence-electron chi connectivity index (χ1n) is 7.14. The van der Waals surface area contributed by atoms with Gasteiger partial charge in [0.15, 0.2) is 0 Å². The van der Waals surface area contributed by atoms with Crippen LogP contribution in [0.5, 0.6) is 5.75 Å². The fourth-order valence-electron chi connectivity index (χ4n) is 1.70. The molecule has 1 aromatic carbocycles. The first-order valence-corrected chi connectivity index (χ1v) is 9.03. The average Bonchev–Trinajstić information content (AvgIpc) is 2.49. The van der Waals surface area contributed by atoms with Crippen LogP contribution in [0.1, 0.15) is 12.0 Å². The van der Waals surface area contributed by atoms with E-state index in [1.807, 2.05) is 0 Å². The molecule has 0 saturated carbocycles. The Bertz CT molecular complexity index is 589. The summed E-state index contributed by atoms with van der Waals surface area (Å²) in [6, 6.07) is 6.99. The summed E-state index contributed by atoms with van der Waals surface area (Å²) in [5.41, 5.74) is 6.12. The van der Waals surface area contributed by atoms with Crippen molar-refractivity contribution < 1.29 is 23.1 Å². The van der Waals surface area contributed by atoms with E-state index in [1.54, 1.807) is 24.3 Å². The molecule has 130 valence electrons. The van der Waals surface area contributed by atoms with Gasteiger partial charge >= 0.3 is 0 Å². The summed E-state index contributed by atoms with van der Waals surface area (Å²) in [4.78, 5) is 11.5. The Morgan fingerprint density at radius 1 is 1.35 bits per heavy atom. The normalized spacial score (nSPS) is 12.7. The molecular formula is C14H23N3O5S. The fraction of sp³-hybridized carbons (Fsp3) is 0.500. The van der Waals surface area contributed by atoms with Crippen molar-refractivity contribution in [2.24, 2.45) is 5.73 Å². The second-order valence-corrected chi connectivity index (χ2v) is 6.80. The summed E-state index contributed by atoms with van der Waals surface area (Å²) in [6.07, 6.45) is 0.214. The number of ether oxygens (including phenoxy) is 1. The van der Waals surface area contributed by atoms with Crippen LogP contribution >= 0.6 is 0 Å². The molecule has 0 saturated heterocycles. The van der Waals surface area contributed by atoms with Crippen molar-refractivity contribution in [1.82, 2.24) is 10.0 Å². The highest BCUT2D eigenvalue weighted by Crippen LogP contribution is 2.12. The Morgan fingerprint density at radius 3 is 2.57 bits per heavy atom. The van der Waals surface area contributed by atoms with Gasteiger partial charge < -0.3 is 20.9 Å². The van der Waals surface area contributed by atoms with Gasteiger partial charge in [-0.2, -0.15) is 0 Å². The third kappa shape index (κ3) is 8.50. The maximum Gasteiger partial charge on any atom is 0.249 e. The molecule has 0 fully saturated rings. The van der Waals surface area contributed by atoms with E-state index < -0.39 is 22.0 Å². The molecule has 0 heterocycles. The lowest BCUT2D eigenvalue weighted by Crippen LogP contribution is -2.35. The van der Waals surface area contributed by atoms with Gasteiger partial charge in [0.1, 0.15) is 18.5 Å². The Morgan fingerprint density at radius 2 is 2.00 bits per heavy atom. The Labute approximate surface area is 136 Å². The van der Waals surface area contributed by atoms with Gasteiger partial charge in [0.05, 0.1) is 6.26 Å². The molecule has 23 heavy (non-hydrogen) atoms. The molecule has 0 aliphatic rings. The Kier molecular flexibility index (Phi) is 7.96. The molecule has 0 spiro atoms. The lowest BCUT2D eigenvalue weighted by atomic mass is 10.2. The number of nitrogens with one attached hydrogen (secondary N) is 2. The molecule has 1 rings (SSSR count). The van der Waals surface area contributed by atoms with E-state index in [0.29, 0.717) is 5.75 Å². The zero-order valence-electron chi connectivity index (χ0n) is 13.0. The molecule has 8 nitrogen and oxygen atoms in total. The van der Waals surface area contributed by atoms with E-state index in [9.17, 15) is 18.3 Å². The van der Waals surface area contributed by atoms with E-state index in [0.717, 1.165) is 11.8 Å². The van der Waals surface area contributed by atoms with Crippen molar-refractivity contribution in [3.05, 3.63) is 29.8 Å². The highest BCUT2D eigenvalue weighted by molar-refractivity contribution is 7.88. The monoisotopic (exact) mass is 345 g/mol. The molecule has 1 aromatic rings. The van der Waals surface area contributed by atoms with E-state index in [4.69, 9.17) is 10.5 Å². The summed E-state index contributed by atoms with van der Waals surface area (Å²) in [5.74, 6) is 0.140. The minimum absolute atomic E-state index is 0.190. The molecule has 1 atom stereocenters. The topological polar surface area (TPSA) is 131 Å². The van der Waals surface area contributed by atoms with Crippen molar-refractivity contribution >= 4 is 15.9 Å². The molecular weight excluding hydrogens is 322 g/mol. The SMILES string of the molecule is CS(=O)(=O)NCCOc1ccc(CNC(=O)C(O)CCN)cc1. The van der Waals surface area contributed by atoms with Gasteiger partial charge in [-0.3, -0.25) is 4.79 Å². The number of nitrogens with two attached hydrogens (primary N) is 1. The highest BCUT2D eigenvalue weighted by atomic mass is 32.2. The molecule has 1 unspecified atom stereocenters. The number of benzene rings is 1. The van der Waals surface area contributed by atoms with Gasteiger partial charge in [-0.1, -0.05) is 12.1 Å². The molecule has 0 radical (unpaired) electrons. The zero-order chi connectivity index (χ0) is 17.3. The summed E-state index contributed by atoms with van der Waals surface area (Å²) in [6.45, 7) is 0.940. The summed E-state index contributed by atoms with van der Waals surface area (Å²) in [5, 5.41) is 12.1. The van der Waals surface area contributed by atoms with Crippen LogP contribution < -0.4 is 20.5 Å². The Balaban J connectivity index is 2.34. The first kappa shape index (κ1) is 19.4. The predicted molar refractivity (Wildman–Crippen MR) is 86.3 cm³/mol. The van der Waals surface area contributed by atoms with E-state index in [1.165, 1.54) is 0 Å². The standard InChI is InChI=1S/C14H23N3O5S/c1-23(20,21)17-8-9-22-12-4-2-11(3-5-12)10-16-14(19)13(18)6-7-15/h2-5,13,17-18H,6-10,15H2,1H3,(H,16,19). The second-order valence-electron chi connectivity index (χ2n) is 4.97. The van der Waals surface area contributed by atoms with Gasteiger partial charge in [0.25, 0.3) is 0 Å². The largest absolute Gasteiger partial charge is 0.492 e. The number of hydrogen-bond acceptors (Lipinski definition) is 6.